The predicted octanol–water partition coefficient (Wildman–Crippen LogP) is 2.41. The van der Waals surface area contributed by atoms with E-state index in [-0.39, 0.29) is 6.61 Å². The standard InChI is InChI=1S/C13H13N3O2/c14-11-6-12(8-15-7-11)16-13(17)18-9-10-4-2-1-3-5-10/h1-8H,9,14H2,(H,16,17). The Hall–Kier alpha value is -2.56. The second-order valence-electron chi connectivity index (χ2n) is 3.69. The first-order chi connectivity index (χ1) is 8.74. The molecular weight excluding hydrogens is 230 g/mol. The van der Waals surface area contributed by atoms with E-state index in [0.717, 1.165) is 5.56 Å². The highest BCUT2D eigenvalue weighted by molar-refractivity contribution is 5.84. The van der Waals surface area contributed by atoms with Gasteiger partial charge in [-0.05, 0) is 11.6 Å². The number of anilines is 2. The molecular formula is C13H13N3O2. The average Bonchev–Trinajstić information content (AvgIpc) is 2.38. The second kappa shape index (κ2) is 5.67. The van der Waals surface area contributed by atoms with Crippen LogP contribution in [0.25, 0.3) is 0 Å². The van der Waals surface area contributed by atoms with Crippen molar-refractivity contribution in [3.8, 4) is 0 Å². The molecule has 92 valence electrons. The molecule has 2 rings (SSSR count). The largest absolute Gasteiger partial charge is 0.444 e. The molecule has 1 heterocycles. The maximum atomic E-state index is 11.5. The van der Waals surface area contributed by atoms with E-state index in [1.165, 1.54) is 12.4 Å². The lowest BCUT2D eigenvalue weighted by Gasteiger charge is -2.07. The molecule has 0 spiro atoms. The maximum Gasteiger partial charge on any atom is 0.412 e. The number of ether oxygens (including phenoxy) is 1. The summed E-state index contributed by atoms with van der Waals surface area (Å²) in [6.45, 7) is 0.225. The molecule has 5 heteroatoms. The number of amides is 1. The fraction of sp³-hybridized carbons (Fsp3) is 0.0769. The molecule has 5 nitrogen and oxygen atoms in total. The van der Waals surface area contributed by atoms with Crippen LogP contribution in [0.2, 0.25) is 0 Å². The molecule has 0 unspecified atom stereocenters. The van der Waals surface area contributed by atoms with Crippen molar-refractivity contribution in [3.63, 3.8) is 0 Å². The van der Waals surface area contributed by atoms with Crippen molar-refractivity contribution in [1.82, 2.24) is 4.98 Å². The van der Waals surface area contributed by atoms with Gasteiger partial charge in [0.2, 0.25) is 0 Å². The summed E-state index contributed by atoms with van der Waals surface area (Å²) in [7, 11) is 0. The van der Waals surface area contributed by atoms with Crippen LogP contribution in [0.5, 0.6) is 0 Å². The number of pyridine rings is 1. The van der Waals surface area contributed by atoms with E-state index in [1.54, 1.807) is 6.07 Å². The predicted molar refractivity (Wildman–Crippen MR) is 68.9 cm³/mol. The number of nitrogen functional groups attached to an aromatic ring is 1. The van der Waals surface area contributed by atoms with Gasteiger partial charge in [0.05, 0.1) is 17.6 Å². The van der Waals surface area contributed by atoms with Gasteiger partial charge in [-0.1, -0.05) is 30.3 Å². The average molecular weight is 243 g/mol. The van der Waals surface area contributed by atoms with Crippen LogP contribution in [0.4, 0.5) is 16.2 Å². The summed E-state index contributed by atoms with van der Waals surface area (Å²) in [5, 5.41) is 2.55. The normalized spacial score (nSPS) is 9.78. The third-order valence-electron chi connectivity index (χ3n) is 2.22. The molecule has 0 aliphatic rings. The smallest absolute Gasteiger partial charge is 0.412 e. The van der Waals surface area contributed by atoms with Gasteiger partial charge in [0.25, 0.3) is 0 Å². The van der Waals surface area contributed by atoms with Crippen molar-refractivity contribution < 1.29 is 9.53 Å². The Morgan fingerprint density at radius 1 is 1.28 bits per heavy atom. The summed E-state index contributed by atoms with van der Waals surface area (Å²) in [4.78, 5) is 15.4. The minimum atomic E-state index is -0.536. The lowest BCUT2D eigenvalue weighted by atomic mass is 10.2. The van der Waals surface area contributed by atoms with E-state index >= 15 is 0 Å². The van der Waals surface area contributed by atoms with Crippen molar-refractivity contribution in [2.45, 2.75) is 6.61 Å². The zero-order chi connectivity index (χ0) is 12.8. The summed E-state index contributed by atoms with van der Waals surface area (Å²) < 4.78 is 5.05. The molecule has 2 aromatic rings. The monoisotopic (exact) mass is 243 g/mol. The Labute approximate surface area is 105 Å². The van der Waals surface area contributed by atoms with Gasteiger partial charge in [-0.2, -0.15) is 0 Å². The van der Waals surface area contributed by atoms with E-state index < -0.39 is 6.09 Å². The van der Waals surface area contributed by atoms with Gasteiger partial charge >= 0.3 is 6.09 Å². The molecule has 0 aliphatic heterocycles. The Kier molecular flexibility index (Phi) is 3.76. The Morgan fingerprint density at radius 2 is 2.06 bits per heavy atom. The Bertz CT molecular complexity index is 529. The van der Waals surface area contributed by atoms with Crippen LogP contribution >= 0.6 is 0 Å². The van der Waals surface area contributed by atoms with Gasteiger partial charge in [-0.25, -0.2) is 4.79 Å². The number of aromatic nitrogens is 1. The van der Waals surface area contributed by atoms with Gasteiger partial charge in [0, 0.05) is 6.20 Å². The van der Waals surface area contributed by atoms with Crippen LogP contribution < -0.4 is 11.1 Å². The minimum Gasteiger partial charge on any atom is -0.444 e. The van der Waals surface area contributed by atoms with Crippen LogP contribution in [-0.4, -0.2) is 11.1 Å². The third-order valence-corrected chi connectivity index (χ3v) is 2.22. The number of nitrogens with one attached hydrogen (secondary N) is 1. The number of hydrogen-bond acceptors (Lipinski definition) is 4. The van der Waals surface area contributed by atoms with Crippen molar-refractivity contribution in [2.24, 2.45) is 0 Å². The number of benzene rings is 1. The van der Waals surface area contributed by atoms with Crippen LogP contribution in [0, 0.1) is 0 Å². The van der Waals surface area contributed by atoms with Crippen LogP contribution in [0.3, 0.4) is 0 Å². The number of nitrogens with zero attached hydrogens (tertiary/aromatic N) is 1. The topological polar surface area (TPSA) is 77.2 Å². The number of rotatable bonds is 3. The minimum absolute atomic E-state index is 0.225. The summed E-state index contributed by atoms with van der Waals surface area (Å²) in [5.41, 5.74) is 7.46. The number of hydrogen-bond donors (Lipinski definition) is 2. The van der Waals surface area contributed by atoms with Crippen LogP contribution in [0.1, 0.15) is 5.56 Å². The third kappa shape index (κ3) is 3.48. The highest BCUT2D eigenvalue weighted by Gasteiger charge is 2.03. The highest BCUT2D eigenvalue weighted by atomic mass is 16.5. The summed E-state index contributed by atoms with van der Waals surface area (Å²) in [6.07, 6.45) is 2.46. The van der Waals surface area contributed by atoms with E-state index in [9.17, 15) is 4.79 Å². The zero-order valence-corrected chi connectivity index (χ0v) is 9.67. The molecule has 0 saturated carbocycles. The Balaban J connectivity index is 1.86. The summed E-state index contributed by atoms with van der Waals surface area (Å²) in [6, 6.07) is 11.1. The first-order valence-electron chi connectivity index (χ1n) is 5.42. The van der Waals surface area contributed by atoms with Gasteiger partial charge < -0.3 is 10.5 Å². The fourth-order valence-electron chi connectivity index (χ4n) is 1.40. The molecule has 18 heavy (non-hydrogen) atoms. The zero-order valence-electron chi connectivity index (χ0n) is 9.67. The SMILES string of the molecule is Nc1cncc(NC(=O)OCc2ccccc2)c1. The van der Waals surface area contributed by atoms with E-state index in [4.69, 9.17) is 10.5 Å². The van der Waals surface area contributed by atoms with Gasteiger partial charge in [0.15, 0.2) is 0 Å². The molecule has 0 aliphatic carbocycles. The number of nitrogens with two attached hydrogens (primary N) is 1. The van der Waals surface area contributed by atoms with E-state index in [0.29, 0.717) is 11.4 Å². The first-order valence-corrected chi connectivity index (χ1v) is 5.42. The number of carbonyl (C=O) groups is 1. The first kappa shape index (κ1) is 11.9. The van der Waals surface area contributed by atoms with Crippen molar-refractivity contribution >= 4 is 17.5 Å². The van der Waals surface area contributed by atoms with Gasteiger partial charge in [-0.15, -0.1) is 0 Å². The lowest BCUT2D eigenvalue weighted by Crippen LogP contribution is -2.13. The molecule has 1 aromatic carbocycles. The molecule has 0 saturated heterocycles. The summed E-state index contributed by atoms with van der Waals surface area (Å²) in [5.74, 6) is 0. The van der Waals surface area contributed by atoms with Crippen molar-refractivity contribution in [1.29, 1.82) is 0 Å². The molecule has 3 N–H and O–H groups in total. The molecule has 1 amide bonds. The van der Waals surface area contributed by atoms with Gasteiger partial charge in [-0.3, -0.25) is 10.3 Å². The van der Waals surface area contributed by atoms with Crippen LogP contribution in [-0.2, 0) is 11.3 Å². The highest BCUT2D eigenvalue weighted by Crippen LogP contribution is 2.10. The molecule has 0 bridgehead atoms. The molecule has 0 radical (unpaired) electrons. The van der Waals surface area contributed by atoms with Crippen LogP contribution in [0.15, 0.2) is 48.8 Å². The Morgan fingerprint density at radius 3 is 2.78 bits per heavy atom. The molecule has 0 atom stereocenters. The van der Waals surface area contributed by atoms with Crippen molar-refractivity contribution in [2.75, 3.05) is 11.1 Å². The second-order valence-corrected chi connectivity index (χ2v) is 3.69. The maximum absolute atomic E-state index is 11.5. The van der Waals surface area contributed by atoms with Crippen molar-refractivity contribution in [3.05, 3.63) is 54.4 Å². The molecule has 1 aromatic heterocycles. The lowest BCUT2D eigenvalue weighted by molar-refractivity contribution is 0.155. The summed E-state index contributed by atoms with van der Waals surface area (Å²) >= 11 is 0. The van der Waals surface area contributed by atoms with E-state index in [1.807, 2.05) is 30.3 Å². The molecule has 0 fully saturated rings. The quantitative estimate of drug-likeness (QED) is 0.867. The fourth-order valence-corrected chi connectivity index (χ4v) is 1.40. The number of carbonyl (C=O) groups excluding carboxylic acids is 1. The van der Waals surface area contributed by atoms with E-state index in [2.05, 4.69) is 10.3 Å². The van der Waals surface area contributed by atoms with Gasteiger partial charge in [0.1, 0.15) is 6.61 Å².